The average Bonchev–Trinajstić information content (AvgIpc) is 4.17. The Kier molecular flexibility index (Phi) is 11.3. The van der Waals surface area contributed by atoms with Crippen LogP contribution in [0.25, 0.3) is 33.5 Å². The van der Waals surface area contributed by atoms with Crippen molar-refractivity contribution in [2.75, 3.05) is 32.8 Å². The molecule has 5 aliphatic rings. The molecular weight excluding hydrogens is 848 g/mol. The Labute approximate surface area is 360 Å². The number of benzene rings is 2. The van der Waals surface area contributed by atoms with Gasteiger partial charge in [0.2, 0.25) is 27.4 Å². The van der Waals surface area contributed by atoms with Crippen LogP contribution in [0.2, 0.25) is 0 Å². The predicted octanol–water partition coefficient (Wildman–Crippen LogP) is 4.82. The van der Waals surface area contributed by atoms with Gasteiger partial charge in [0, 0.05) is 36.4 Å². The highest BCUT2D eigenvalue weighted by molar-refractivity contribution is 7.91. The summed E-state index contributed by atoms with van der Waals surface area (Å²) in [6, 6.07) is 8.58. The summed E-state index contributed by atoms with van der Waals surface area (Å²) in [5, 5.41) is 5.65. The van der Waals surface area contributed by atoms with E-state index in [0.717, 1.165) is 18.6 Å². The molecule has 5 amide bonds. The predicted molar refractivity (Wildman–Crippen MR) is 220 cm³/mol. The molecule has 0 spiro atoms. The maximum absolute atomic E-state index is 14.8. The lowest BCUT2D eigenvalue weighted by atomic mass is 10.0. The third-order valence-electron chi connectivity index (χ3n) is 12.4. The van der Waals surface area contributed by atoms with Crippen molar-refractivity contribution in [3.05, 3.63) is 66.2 Å². The van der Waals surface area contributed by atoms with E-state index in [-0.39, 0.29) is 48.7 Å². The maximum Gasteiger partial charge on any atom is 0.416 e. The highest BCUT2D eigenvalue weighted by Crippen LogP contribution is 2.46. The molecule has 0 bridgehead atoms. The second-order valence-electron chi connectivity index (χ2n) is 16.8. The molecule has 9 rings (SSSR count). The molecule has 2 aliphatic carbocycles. The highest BCUT2D eigenvalue weighted by atomic mass is 32.2. The number of nitrogens with zero attached hydrogens (tertiary/aromatic N) is 4. The molecule has 2 saturated heterocycles. The summed E-state index contributed by atoms with van der Waals surface area (Å²) >= 11 is 0. The number of amides is 5. The fraction of sp³-hybridized carbons (Fsp3) is 0.488. The Hall–Kier alpha value is -5.76. The summed E-state index contributed by atoms with van der Waals surface area (Å²) in [5.41, 5.74) is -1.32. The molecule has 3 N–H and O–H groups in total. The number of halogens is 3. The molecular formula is C43H46F3N7O9S. The zero-order valence-electron chi connectivity index (χ0n) is 34.1. The minimum Gasteiger partial charge on any atom is -0.470 e. The number of morpholine rings is 1. The third-order valence-corrected chi connectivity index (χ3v) is 14.2. The molecule has 2 aromatic carbocycles. The Morgan fingerprint density at radius 2 is 1.73 bits per heavy atom. The van der Waals surface area contributed by atoms with Crippen LogP contribution in [-0.2, 0) is 35.3 Å². The van der Waals surface area contributed by atoms with Crippen LogP contribution < -0.4 is 20.1 Å². The van der Waals surface area contributed by atoms with Crippen molar-refractivity contribution in [2.45, 2.75) is 92.9 Å². The smallest absolute Gasteiger partial charge is 0.416 e. The molecule has 0 unspecified atom stereocenters. The van der Waals surface area contributed by atoms with Gasteiger partial charge < -0.3 is 34.3 Å². The van der Waals surface area contributed by atoms with Gasteiger partial charge in [-0.3, -0.25) is 19.1 Å². The van der Waals surface area contributed by atoms with Gasteiger partial charge in [-0.1, -0.05) is 49.3 Å². The van der Waals surface area contributed by atoms with E-state index in [9.17, 15) is 40.8 Å². The number of hydrogen-bond acceptors (Lipinski definition) is 11. The van der Waals surface area contributed by atoms with Crippen LogP contribution in [0, 0.1) is 5.92 Å². The van der Waals surface area contributed by atoms with Gasteiger partial charge in [0.25, 0.3) is 11.8 Å². The first kappa shape index (κ1) is 42.5. The molecule has 63 heavy (non-hydrogen) atoms. The molecule has 4 aromatic rings. The minimum absolute atomic E-state index is 0.0345. The van der Waals surface area contributed by atoms with E-state index in [1.54, 1.807) is 29.2 Å². The first-order valence-electron chi connectivity index (χ1n) is 21.2. The van der Waals surface area contributed by atoms with Crippen molar-refractivity contribution in [3.8, 4) is 17.3 Å². The number of furan rings is 1. The van der Waals surface area contributed by atoms with Gasteiger partial charge in [0.05, 0.1) is 30.6 Å². The van der Waals surface area contributed by atoms with Crippen LogP contribution >= 0.6 is 0 Å². The van der Waals surface area contributed by atoms with Gasteiger partial charge in [0.15, 0.2) is 5.82 Å². The van der Waals surface area contributed by atoms with Crippen molar-refractivity contribution in [1.82, 2.24) is 35.1 Å². The quantitative estimate of drug-likeness (QED) is 0.215. The lowest BCUT2D eigenvalue weighted by Gasteiger charge is -2.32. The van der Waals surface area contributed by atoms with E-state index in [2.05, 4.69) is 25.3 Å². The second-order valence-corrected chi connectivity index (χ2v) is 18.8. The number of para-hydroxylation sites is 1. The van der Waals surface area contributed by atoms with Crippen LogP contribution in [0.15, 0.2) is 65.1 Å². The number of rotatable bonds is 7. The SMILES string of the molecule is O=C1N[C@]2(C(=O)NS(=O)(=O)C3CC3)C[C@H]2/C=C\CCCCC[C@H](NC(=O)N2CCOCC2)C(=O)N2C[C@H](Oc3nc(-c4ccc(C(F)(F)F)cc4)nc4c3oc3ccccc34)C[C@@H]12. The zero-order valence-corrected chi connectivity index (χ0v) is 34.9. The van der Waals surface area contributed by atoms with Gasteiger partial charge in [-0.15, -0.1) is 0 Å². The van der Waals surface area contributed by atoms with Crippen LogP contribution in [0.1, 0.15) is 63.4 Å². The Morgan fingerprint density at radius 1 is 0.968 bits per heavy atom. The molecule has 16 nitrogen and oxygen atoms in total. The summed E-state index contributed by atoms with van der Waals surface area (Å²) in [4.78, 5) is 69.0. The Bertz CT molecular complexity index is 2580. The van der Waals surface area contributed by atoms with E-state index in [0.29, 0.717) is 74.9 Å². The van der Waals surface area contributed by atoms with E-state index in [4.69, 9.17) is 13.9 Å². The molecule has 0 radical (unpaired) electrons. The first-order valence-corrected chi connectivity index (χ1v) is 22.8. The van der Waals surface area contributed by atoms with Crippen molar-refractivity contribution in [1.29, 1.82) is 0 Å². The number of hydrogen-bond donors (Lipinski definition) is 3. The van der Waals surface area contributed by atoms with Gasteiger partial charge in [0.1, 0.15) is 34.8 Å². The number of fused-ring (bicyclic) bond motifs is 5. The van der Waals surface area contributed by atoms with Crippen LogP contribution in [0.3, 0.4) is 0 Å². The van der Waals surface area contributed by atoms with E-state index >= 15 is 0 Å². The molecule has 20 heteroatoms. The number of aromatic nitrogens is 2. The largest absolute Gasteiger partial charge is 0.470 e. The van der Waals surface area contributed by atoms with Crippen LogP contribution in [0.5, 0.6) is 5.88 Å². The lowest BCUT2D eigenvalue weighted by molar-refractivity contribution is -0.141. The fourth-order valence-corrected chi connectivity index (χ4v) is 9.96. The van der Waals surface area contributed by atoms with E-state index in [1.807, 2.05) is 12.2 Å². The van der Waals surface area contributed by atoms with Crippen molar-refractivity contribution in [2.24, 2.45) is 5.92 Å². The highest BCUT2D eigenvalue weighted by Gasteiger charge is 2.62. The summed E-state index contributed by atoms with van der Waals surface area (Å²) in [6.07, 6.45) is 2.03. The number of carbonyl (C=O) groups excluding carboxylic acids is 4. The minimum atomic E-state index is -4.57. The van der Waals surface area contributed by atoms with E-state index < -0.39 is 80.4 Å². The average molecular weight is 894 g/mol. The monoisotopic (exact) mass is 893 g/mol. The number of sulfonamides is 1. The Balaban J connectivity index is 1.06. The zero-order chi connectivity index (χ0) is 44.1. The maximum atomic E-state index is 14.8. The summed E-state index contributed by atoms with van der Waals surface area (Å²) in [6.45, 7) is 1.16. The number of allylic oxidation sites excluding steroid dienone is 1. The summed E-state index contributed by atoms with van der Waals surface area (Å²) < 4.78 is 86.7. The van der Waals surface area contributed by atoms with Gasteiger partial charge in [-0.2, -0.15) is 18.2 Å². The van der Waals surface area contributed by atoms with Crippen LogP contribution in [-0.4, -0.2) is 114 Å². The van der Waals surface area contributed by atoms with Crippen LogP contribution in [0.4, 0.5) is 18.0 Å². The molecule has 3 aliphatic heterocycles. The normalized spacial score (nSPS) is 26.5. The molecule has 5 heterocycles. The molecule has 334 valence electrons. The lowest BCUT2D eigenvalue weighted by Crippen LogP contribution is -2.59. The van der Waals surface area contributed by atoms with Gasteiger partial charge in [-0.05, 0) is 62.8 Å². The molecule has 2 saturated carbocycles. The molecule has 2 aromatic heterocycles. The van der Waals surface area contributed by atoms with Crippen molar-refractivity contribution in [3.63, 3.8) is 0 Å². The number of ether oxygens (including phenoxy) is 2. The van der Waals surface area contributed by atoms with E-state index in [1.165, 1.54) is 17.0 Å². The summed E-state index contributed by atoms with van der Waals surface area (Å²) in [7, 11) is -3.97. The molecule has 5 atom stereocenters. The van der Waals surface area contributed by atoms with Gasteiger partial charge >= 0.3 is 12.2 Å². The summed E-state index contributed by atoms with van der Waals surface area (Å²) in [5.74, 6) is -2.70. The topological polar surface area (TPSA) is 202 Å². The molecule has 4 fully saturated rings. The standard InChI is InChI=1S/C43H46F3N7O9S/c44-43(45,46)26-14-12-25(13-15-26)36-48-34-30-9-6-7-11-33(30)62-35(34)38(49-36)61-28-22-32-37(54)50-42(40(56)51-63(58,59)29-16-17-29)23-27(42)8-4-2-1-3-5-10-31(39(55)53(32)24-28)47-41(57)52-18-20-60-21-19-52/h4,6-9,11-15,27-29,31-32H,1-3,5,10,16-24H2,(H,47,57)(H,50,54)(H,51,56)/b8-4-/t27-,28-,31+,32+,42-/m1/s1. The van der Waals surface area contributed by atoms with Crippen molar-refractivity contribution < 1.29 is 54.7 Å². The number of alkyl halides is 3. The second kappa shape index (κ2) is 16.7. The number of urea groups is 1. The third kappa shape index (κ3) is 8.78. The van der Waals surface area contributed by atoms with Gasteiger partial charge in [-0.25, -0.2) is 18.2 Å². The fourth-order valence-electron chi connectivity index (χ4n) is 8.59. The first-order chi connectivity index (χ1) is 30.2. The number of carbonyl (C=O) groups is 4. The number of nitrogens with one attached hydrogen (secondary N) is 3. The Morgan fingerprint density at radius 3 is 2.48 bits per heavy atom. The van der Waals surface area contributed by atoms with Crippen molar-refractivity contribution >= 4 is 55.8 Å².